The lowest BCUT2D eigenvalue weighted by Crippen LogP contribution is -2.46. The third-order valence-electron chi connectivity index (χ3n) is 2.38. The lowest BCUT2D eigenvalue weighted by Gasteiger charge is -2.15. The predicted octanol–water partition coefficient (Wildman–Crippen LogP) is 0.114. The molecule has 0 fully saturated rings. The Bertz CT molecular complexity index is 483. The van der Waals surface area contributed by atoms with E-state index < -0.39 is 17.5 Å². The second-order valence-corrected chi connectivity index (χ2v) is 3.46. The van der Waals surface area contributed by atoms with Gasteiger partial charge in [-0.05, 0) is 12.1 Å². The standard InChI is InChI=1S/C10H8N2O5/c13-8(14)10(9(15)16)5-7(12-17-10)6-3-1-2-4-11-6/h1-4H,5H2,(H,13,14)(H,15,16). The molecule has 0 atom stereocenters. The largest absolute Gasteiger partial charge is 0.478 e. The summed E-state index contributed by atoms with van der Waals surface area (Å²) < 4.78 is 0. The summed E-state index contributed by atoms with van der Waals surface area (Å²) in [6.45, 7) is 0. The molecule has 0 saturated heterocycles. The van der Waals surface area contributed by atoms with Gasteiger partial charge in [0.2, 0.25) is 0 Å². The Morgan fingerprint density at radius 1 is 1.29 bits per heavy atom. The van der Waals surface area contributed by atoms with E-state index in [0.29, 0.717) is 5.69 Å². The molecule has 88 valence electrons. The van der Waals surface area contributed by atoms with Gasteiger partial charge in [0.1, 0.15) is 5.71 Å². The fourth-order valence-corrected chi connectivity index (χ4v) is 1.42. The molecule has 0 spiro atoms. The number of carbonyl (C=O) groups is 2. The quantitative estimate of drug-likeness (QED) is 0.721. The van der Waals surface area contributed by atoms with E-state index in [1.165, 1.54) is 6.20 Å². The van der Waals surface area contributed by atoms with Crippen LogP contribution in [0.3, 0.4) is 0 Å². The van der Waals surface area contributed by atoms with E-state index in [2.05, 4.69) is 15.0 Å². The molecule has 0 amide bonds. The Balaban J connectivity index is 2.29. The molecular formula is C10H8N2O5. The van der Waals surface area contributed by atoms with E-state index in [-0.39, 0.29) is 12.1 Å². The number of pyridine rings is 1. The Morgan fingerprint density at radius 3 is 2.47 bits per heavy atom. The first-order chi connectivity index (χ1) is 8.06. The summed E-state index contributed by atoms with van der Waals surface area (Å²) in [5.74, 6) is -3.17. The average molecular weight is 236 g/mol. The minimum absolute atomic E-state index is 0.204. The van der Waals surface area contributed by atoms with E-state index in [1.807, 2.05) is 0 Å². The molecule has 1 aromatic heterocycles. The van der Waals surface area contributed by atoms with Crippen LogP contribution in [-0.4, -0.2) is 38.4 Å². The molecule has 0 aliphatic carbocycles. The molecule has 1 aromatic rings. The van der Waals surface area contributed by atoms with Crippen molar-refractivity contribution in [3.05, 3.63) is 30.1 Å². The number of hydrogen-bond acceptors (Lipinski definition) is 5. The molecule has 17 heavy (non-hydrogen) atoms. The first kappa shape index (κ1) is 11.1. The molecular weight excluding hydrogens is 228 g/mol. The van der Waals surface area contributed by atoms with E-state index >= 15 is 0 Å². The van der Waals surface area contributed by atoms with Crippen LogP contribution in [0.2, 0.25) is 0 Å². The van der Waals surface area contributed by atoms with Crippen molar-refractivity contribution in [2.75, 3.05) is 0 Å². The second-order valence-electron chi connectivity index (χ2n) is 3.46. The third kappa shape index (κ3) is 1.71. The number of aliphatic carboxylic acids is 2. The maximum Gasteiger partial charge on any atom is 0.363 e. The van der Waals surface area contributed by atoms with Crippen molar-refractivity contribution in [3.8, 4) is 0 Å². The van der Waals surface area contributed by atoms with Crippen LogP contribution in [0.15, 0.2) is 29.6 Å². The fourth-order valence-electron chi connectivity index (χ4n) is 1.42. The number of aromatic nitrogens is 1. The van der Waals surface area contributed by atoms with Gasteiger partial charge in [-0.1, -0.05) is 11.2 Å². The molecule has 2 rings (SSSR count). The average Bonchev–Trinajstić information content (AvgIpc) is 2.76. The highest BCUT2D eigenvalue weighted by molar-refractivity contribution is 6.11. The first-order valence-corrected chi connectivity index (χ1v) is 4.69. The summed E-state index contributed by atoms with van der Waals surface area (Å²) in [6.07, 6.45) is 1.15. The lowest BCUT2D eigenvalue weighted by molar-refractivity contribution is -0.179. The number of nitrogens with zero attached hydrogens (tertiary/aromatic N) is 2. The molecule has 7 nitrogen and oxygen atoms in total. The highest BCUT2D eigenvalue weighted by Crippen LogP contribution is 2.27. The van der Waals surface area contributed by atoms with E-state index in [1.54, 1.807) is 18.2 Å². The van der Waals surface area contributed by atoms with E-state index in [0.717, 1.165) is 0 Å². The van der Waals surface area contributed by atoms with Gasteiger partial charge in [-0.25, -0.2) is 9.59 Å². The topological polar surface area (TPSA) is 109 Å². The number of hydrogen-bond donors (Lipinski definition) is 2. The van der Waals surface area contributed by atoms with Crippen molar-refractivity contribution in [3.63, 3.8) is 0 Å². The molecule has 0 radical (unpaired) electrons. The highest BCUT2D eigenvalue weighted by Gasteiger charge is 2.54. The maximum atomic E-state index is 10.9. The van der Waals surface area contributed by atoms with Crippen LogP contribution in [0, 0.1) is 0 Å². The Morgan fingerprint density at radius 2 is 2.00 bits per heavy atom. The zero-order valence-corrected chi connectivity index (χ0v) is 8.53. The second kappa shape index (κ2) is 3.85. The normalized spacial score (nSPS) is 17.1. The van der Waals surface area contributed by atoms with Crippen LogP contribution < -0.4 is 0 Å². The third-order valence-corrected chi connectivity index (χ3v) is 2.38. The minimum atomic E-state index is -2.34. The van der Waals surface area contributed by atoms with Crippen LogP contribution in [0.4, 0.5) is 0 Å². The Labute approximate surface area is 95.3 Å². The Hall–Kier alpha value is -2.44. The van der Waals surface area contributed by atoms with Gasteiger partial charge < -0.3 is 15.1 Å². The molecule has 0 aromatic carbocycles. The van der Waals surface area contributed by atoms with Crippen LogP contribution in [-0.2, 0) is 14.4 Å². The van der Waals surface area contributed by atoms with Crippen molar-refractivity contribution >= 4 is 17.7 Å². The molecule has 2 heterocycles. The first-order valence-electron chi connectivity index (χ1n) is 4.69. The summed E-state index contributed by atoms with van der Waals surface area (Å²) in [5.41, 5.74) is -1.74. The summed E-state index contributed by atoms with van der Waals surface area (Å²) in [4.78, 5) is 30.4. The maximum absolute atomic E-state index is 10.9. The van der Waals surface area contributed by atoms with E-state index in [4.69, 9.17) is 10.2 Å². The molecule has 0 unspecified atom stereocenters. The van der Waals surface area contributed by atoms with Gasteiger partial charge in [0.05, 0.1) is 12.1 Å². The molecule has 0 bridgehead atoms. The smallest absolute Gasteiger partial charge is 0.363 e. The van der Waals surface area contributed by atoms with Gasteiger partial charge in [-0.2, -0.15) is 0 Å². The summed E-state index contributed by atoms with van der Waals surface area (Å²) >= 11 is 0. The van der Waals surface area contributed by atoms with Crippen LogP contribution in [0.1, 0.15) is 12.1 Å². The van der Waals surface area contributed by atoms with Crippen molar-refractivity contribution in [1.82, 2.24) is 4.98 Å². The van der Waals surface area contributed by atoms with Gasteiger partial charge in [-0.15, -0.1) is 0 Å². The van der Waals surface area contributed by atoms with Gasteiger partial charge >= 0.3 is 17.5 Å². The molecule has 1 aliphatic rings. The van der Waals surface area contributed by atoms with Crippen molar-refractivity contribution in [2.24, 2.45) is 5.16 Å². The van der Waals surface area contributed by atoms with Gasteiger partial charge in [-0.3, -0.25) is 4.98 Å². The SMILES string of the molecule is O=C(O)C1(C(=O)O)CC(c2ccccn2)=NO1. The zero-order chi connectivity index (χ0) is 12.5. The Kier molecular flexibility index (Phi) is 2.51. The monoisotopic (exact) mass is 236 g/mol. The zero-order valence-electron chi connectivity index (χ0n) is 8.53. The number of oxime groups is 1. The summed E-state index contributed by atoms with van der Waals surface area (Å²) in [6, 6.07) is 4.97. The van der Waals surface area contributed by atoms with Gasteiger partial charge in [0.15, 0.2) is 0 Å². The highest BCUT2D eigenvalue weighted by atomic mass is 16.7. The fraction of sp³-hybridized carbons (Fsp3) is 0.200. The van der Waals surface area contributed by atoms with Gasteiger partial charge in [0, 0.05) is 6.20 Å². The molecule has 7 heteroatoms. The van der Waals surface area contributed by atoms with Crippen LogP contribution in [0.5, 0.6) is 0 Å². The van der Waals surface area contributed by atoms with E-state index in [9.17, 15) is 9.59 Å². The number of carboxylic acids is 2. The summed E-state index contributed by atoms with van der Waals surface area (Å²) in [5, 5.41) is 21.3. The van der Waals surface area contributed by atoms with Crippen molar-refractivity contribution < 1.29 is 24.6 Å². The summed E-state index contributed by atoms with van der Waals surface area (Å²) in [7, 11) is 0. The van der Waals surface area contributed by atoms with Crippen molar-refractivity contribution in [1.29, 1.82) is 0 Å². The van der Waals surface area contributed by atoms with Gasteiger partial charge in [0.25, 0.3) is 0 Å². The molecule has 2 N–H and O–H groups in total. The predicted molar refractivity (Wildman–Crippen MR) is 54.5 cm³/mol. The number of rotatable bonds is 3. The van der Waals surface area contributed by atoms with Crippen LogP contribution >= 0.6 is 0 Å². The number of carboxylic acid groups (broad SMARTS) is 2. The molecule has 0 saturated carbocycles. The lowest BCUT2D eigenvalue weighted by atomic mass is 9.96. The molecule has 1 aliphatic heterocycles. The minimum Gasteiger partial charge on any atom is -0.478 e. The van der Waals surface area contributed by atoms with Crippen LogP contribution in [0.25, 0.3) is 0 Å². The van der Waals surface area contributed by atoms with Crippen molar-refractivity contribution in [2.45, 2.75) is 12.0 Å².